The molecular weight excluding hydrogens is 865 g/mol. The second-order valence-electron chi connectivity index (χ2n) is 17.3. The molecule has 68 heavy (non-hydrogen) atoms. The molecule has 4 nitrogen and oxygen atoms in total. The minimum absolute atomic E-state index is 0.426. The van der Waals surface area contributed by atoms with Gasteiger partial charge in [-0.2, -0.15) is 5.26 Å². The molecule has 10 aromatic carbocycles. The van der Waals surface area contributed by atoms with Gasteiger partial charge in [0, 0.05) is 63.6 Å². The van der Waals surface area contributed by atoms with Gasteiger partial charge in [0.05, 0.1) is 55.0 Å². The van der Waals surface area contributed by atoms with Crippen molar-refractivity contribution in [3.05, 3.63) is 223 Å². The van der Waals surface area contributed by atoms with E-state index in [1.807, 2.05) is 36.4 Å². The SMILES string of the molecule is [C-]#[N+]c1c(-c2ccccc2)c(C#N)c(-n2c3c(ccc4c5ccccc5sc43)c3ccc4c5cc(-c6ccccc6)ccc5sc4c32)c(-c2ccccc2)c1-n1c2ccccc2c2ccccc21. The van der Waals surface area contributed by atoms with Crippen LogP contribution in [-0.2, 0) is 0 Å². The summed E-state index contributed by atoms with van der Waals surface area (Å²) in [6.07, 6.45) is 0. The van der Waals surface area contributed by atoms with Crippen LogP contribution in [0.3, 0.4) is 0 Å². The number of hydrogen-bond acceptors (Lipinski definition) is 3. The van der Waals surface area contributed by atoms with E-state index in [-0.39, 0.29) is 0 Å². The number of nitriles is 1. The van der Waals surface area contributed by atoms with Crippen molar-refractivity contribution < 1.29 is 0 Å². The number of benzene rings is 10. The number of nitrogens with zero attached hydrogens (tertiary/aromatic N) is 4. The van der Waals surface area contributed by atoms with E-state index in [0.717, 1.165) is 86.5 Å². The van der Waals surface area contributed by atoms with Crippen LogP contribution in [0.25, 0.3) is 134 Å². The molecule has 0 radical (unpaired) electrons. The van der Waals surface area contributed by atoms with Gasteiger partial charge in [0.25, 0.3) is 0 Å². The van der Waals surface area contributed by atoms with Crippen LogP contribution in [0.2, 0.25) is 0 Å². The van der Waals surface area contributed by atoms with Gasteiger partial charge in [-0.25, -0.2) is 4.85 Å². The molecule has 0 unspecified atom stereocenters. The number of para-hydroxylation sites is 2. The molecular formula is C62H34N4S2. The smallest absolute Gasteiger partial charge is 0.220 e. The van der Waals surface area contributed by atoms with Gasteiger partial charge in [0.2, 0.25) is 5.69 Å². The summed E-state index contributed by atoms with van der Waals surface area (Å²) in [6.45, 7) is 9.25. The third-order valence-corrected chi connectivity index (χ3v) is 16.2. The average Bonchev–Trinajstić information content (AvgIpc) is 4.16. The first-order chi connectivity index (χ1) is 33.7. The number of hydrogen-bond donors (Lipinski definition) is 0. The Morgan fingerprint density at radius 1 is 0.397 bits per heavy atom. The third kappa shape index (κ3) is 5.39. The number of thiophene rings is 2. The molecule has 0 aliphatic rings. The minimum atomic E-state index is 0.426. The normalized spacial score (nSPS) is 11.8. The Hall–Kier alpha value is -8.78. The van der Waals surface area contributed by atoms with Gasteiger partial charge in [-0.05, 0) is 52.6 Å². The second kappa shape index (κ2) is 14.9. The lowest BCUT2D eigenvalue weighted by molar-refractivity contribution is 1.14. The minimum Gasteiger partial charge on any atom is -0.318 e. The fraction of sp³-hybridized carbons (Fsp3) is 0. The highest BCUT2D eigenvalue weighted by atomic mass is 32.1. The van der Waals surface area contributed by atoms with Crippen molar-refractivity contribution in [1.82, 2.24) is 9.13 Å². The maximum atomic E-state index is 12.1. The van der Waals surface area contributed by atoms with Crippen LogP contribution in [0.15, 0.2) is 206 Å². The first-order valence-electron chi connectivity index (χ1n) is 22.6. The molecule has 0 saturated heterocycles. The molecule has 14 rings (SSSR count). The summed E-state index contributed by atoms with van der Waals surface area (Å²) in [6, 6.07) is 75.5. The molecule has 0 atom stereocenters. The molecule has 314 valence electrons. The van der Waals surface area contributed by atoms with Crippen LogP contribution < -0.4 is 0 Å². The predicted octanol–water partition coefficient (Wildman–Crippen LogP) is 18.0. The first kappa shape index (κ1) is 38.5. The fourth-order valence-corrected chi connectivity index (χ4v) is 13.4. The quantitative estimate of drug-likeness (QED) is 0.159. The van der Waals surface area contributed by atoms with Crippen LogP contribution in [0.5, 0.6) is 0 Å². The summed E-state index contributed by atoms with van der Waals surface area (Å²) in [4.78, 5) is 4.52. The van der Waals surface area contributed by atoms with Gasteiger partial charge in [-0.15, -0.1) is 22.7 Å². The van der Waals surface area contributed by atoms with Gasteiger partial charge >= 0.3 is 0 Å². The molecule has 4 heterocycles. The maximum absolute atomic E-state index is 12.1. The van der Waals surface area contributed by atoms with Gasteiger partial charge < -0.3 is 9.13 Å². The molecule has 0 N–H and O–H groups in total. The van der Waals surface area contributed by atoms with Crippen LogP contribution in [0, 0.1) is 17.9 Å². The van der Waals surface area contributed by atoms with Crippen molar-refractivity contribution in [1.29, 1.82) is 5.26 Å². The van der Waals surface area contributed by atoms with Gasteiger partial charge in [-0.1, -0.05) is 176 Å². The molecule has 0 spiro atoms. The molecule has 0 bridgehead atoms. The van der Waals surface area contributed by atoms with Gasteiger partial charge in [0.15, 0.2) is 0 Å². The molecule has 0 aliphatic carbocycles. The van der Waals surface area contributed by atoms with Gasteiger partial charge in [0.1, 0.15) is 6.07 Å². The summed E-state index contributed by atoms with van der Waals surface area (Å²) in [5.41, 5.74) is 11.9. The Labute approximate surface area is 398 Å². The van der Waals surface area contributed by atoms with Crippen molar-refractivity contribution in [2.75, 3.05) is 0 Å². The largest absolute Gasteiger partial charge is 0.318 e. The van der Waals surface area contributed by atoms with Crippen molar-refractivity contribution >= 4 is 112 Å². The van der Waals surface area contributed by atoms with E-state index in [2.05, 4.69) is 190 Å². The summed E-state index contributed by atoms with van der Waals surface area (Å²) in [5.74, 6) is 0. The van der Waals surface area contributed by atoms with E-state index in [9.17, 15) is 11.8 Å². The molecule has 0 aliphatic heterocycles. The molecule has 0 saturated carbocycles. The standard InChI is InChI=1S/C62H34N4S2/c1-64-56-54(38-19-7-3-8-20-38)49(36-63)57(55(39-21-9-4-10-22-39)60(56)65-50-26-14-11-23-41(50)42-24-12-15-27-51(42)65)66-58-44(30-32-46-43-25-13-16-28-52(43)67-61(46)58)45-31-33-47-48-35-40(37-17-5-2-6-18-37)29-34-53(48)68-62(47)59(45)66/h2-35H. The fourth-order valence-electron chi connectivity index (χ4n) is 10.9. The zero-order valence-corrected chi connectivity index (χ0v) is 37.9. The topological polar surface area (TPSA) is 38.0 Å². The second-order valence-corrected chi connectivity index (χ2v) is 19.4. The van der Waals surface area contributed by atoms with Crippen LogP contribution in [0.4, 0.5) is 5.69 Å². The molecule has 14 aromatic rings. The zero-order chi connectivity index (χ0) is 45.0. The lowest BCUT2D eigenvalue weighted by Gasteiger charge is -2.26. The van der Waals surface area contributed by atoms with Crippen molar-refractivity contribution in [3.8, 4) is 50.8 Å². The molecule has 0 fully saturated rings. The van der Waals surface area contributed by atoms with E-state index in [1.165, 1.54) is 36.7 Å². The predicted molar refractivity (Wildman–Crippen MR) is 288 cm³/mol. The highest BCUT2D eigenvalue weighted by molar-refractivity contribution is 7.27. The monoisotopic (exact) mass is 898 g/mol. The van der Waals surface area contributed by atoms with Crippen LogP contribution in [-0.4, -0.2) is 9.13 Å². The van der Waals surface area contributed by atoms with E-state index in [4.69, 9.17) is 0 Å². The Bertz CT molecular complexity index is 4450. The zero-order valence-electron chi connectivity index (χ0n) is 36.2. The Morgan fingerprint density at radius 2 is 0.882 bits per heavy atom. The third-order valence-electron chi connectivity index (χ3n) is 13.8. The Morgan fingerprint density at radius 3 is 1.47 bits per heavy atom. The Kier molecular flexibility index (Phi) is 8.42. The number of aromatic nitrogens is 2. The van der Waals surface area contributed by atoms with Gasteiger partial charge in [-0.3, -0.25) is 0 Å². The summed E-state index contributed by atoms with van der Waals surface area (Å²) in [7, 11) is 0. The van der Waals surface area contributed by atoms with E-state index in [0.29, 0.717) is 16.8 Å². The summed E-state index contributed by atoms with van der Waals surface area (Å²) in [5, 5.41) is 21.2. The van der Waals surface area contributed by atoms with Crippen LogP contribution >= 0.6 is 22.7 Å². The summed E-state index contributed by atoms with van der Waals surface area (Å²) >= 11 is 3.60. The Balaban J connectivity index is 1.27. The lowest BCUT2D eigenvalue weighted by atomic mass is 9.88. The first-order valence-corrected chi connectivity index (χ1v) is 24.2. The van der Waals surface area contributed by atoms with E-state index in [1.54, 1.807) is 22.7 Å². The highest BCUT2D eigenvalue weighted by Gasteiger charge is 2.33. The van der Waals surface area contributed by atoms with E-state index >= 15 is 0 Å². The van der Waals surface area contributed by atoms with E-state index < -0.39 is 0 Å². The highest BCUT2D eigenvalue weighted by Crippen LogP contribution is 2.54. The van der Waals surface area contributed by atoms with Crippen molar-refractivity contribution in [2.45, 2.75) is 0 Å². The molecule has 6 heteroatoms. The summed E-state index contributed by atoms with van der Waals surface area (Å²) < 4.78 is 9.42. The van der Waals surface area contributed by atoms with Crippen molar-refractivity contribution in [2.24, 2.45) is 0 Å². The van der Waals surface area contributed by atoms with Crippen LogP contribution in [0.1, 0.15) is 5.56 Å². The molecule has 4 aromatic heterocycles. The average molecular weight is 899 g/mol. The van der Waals surface area contributed by atoms with Crippen molar-refractivity contribution in [3.63, 3.8) is 0 Å². The number of fused-ring (bicyclic) bond motifs is 14. The maximum Gasteiger partial charge on any atom is 0.220 e. The number of rotatable bonds is 5. The lowest BCUT2D eigenvalue weighted by Crippen LogP contribution is -2.09. The molecule has 0 amide bonds.